The second-order valence-electron chi connectivity index (χ2n) is 9.86. The Hall–Kier alpha value is -3.68. The Kier molecular flexibility index (Phi) is 7.37. The number of hydrogen-bond donors (Lipinski definition) is 2. The number of benzene rings is 3. The molecule has 0 aliphatic carbocycles. The summed E-state index contributed by atoms with van der Waals surface area (Å²) >= 11 is 12.5. The number of carbonyl (C=O) groups is 2. The Morgan fingerprint density at radius 1 is 0.921 bits per heavy atom. The number of aliphatic hydroxyl groups is 1. The number of rotatable bonds is 5. The first-order valence-corrected chi connectivity index (χ1v) is 12.5. The van der Waals surface area contributed by atoms with Gasteiger partial charge in [-0.2, -0.15) is 0 Å². The van der Waals surface area contributed by atoms with Gasteiger partial charge in [0.15, 0.2) is 0 Å². The lowest BCUT2D eigenvalue weighted by Gasteiger charge is -2.27. The molecule has 3 aromatic carbocycles. The summed E-state index contributed by atoms with van der Waals surface area (Å²) in [6, 6.07) is 13.4. The van der Waals surface area contributed by atoms with Crippen molar-refractivity contribution in [1.29, 1.82) is 0 Å². The number of Topliss-reactive ketones (excluding diaryl/α,β-unsaturated/α-hetero) is 1. The number of methoxy groups -OCH3 is 2. The molecule has 1 unspecified atom stereocenters. The fourth-order valence-electron chi connectivity index (χ4n) is 4.44. The number of carbonyl (C=O) groups excluding carboxylic acids is 2. The summed E-state index contributed by atoms with van der Waals surface area (Å²) in [5.41, 5.74) is 1.37. The third kappa shape index (κ3) is 4.79. The molecule has 9 heteroatoms. The van der Waals surface area contributed by atoms with Crippen molar-refractivity contribution in [2.24, 2.45) is 0 Å². The number of ketones is 1. The molecule has 7 nitrogen and oxygen atoms in total. The van der Waals surface area contributed by atoms with Gasteiger partial charge in [0.1, 0.15) is 23.0 Å². The molecular weight excluding hydrogens is 529 g/mol. The minimum absolute atomic E-state index is 0.0308. The van der Waals surface area contributed by atoms with Crippen molar-refractivity contribution in [3.05, 3.63) is 86.9 Å². The molecule has 1 atom stereocenters. The number of ether oxygens (including phenoxy) is 2. The highest BCUT2D eigenvalue weighted by molar-refractivity contribution is 6.52. The third-order valence-electron chi connectivity index (χ3n) is 6.46. The number of anilines is 1. The quantitative estimate of drug-likeness (QED) is 0.208. The summed E-state index contributed by atoms with van der Waals surface area (Å²) in [7, 11) is 2.83. The first kappa shape index (κ1) is 27.4. The second kappa shape index (κ2) is 10.2. The maximum atomic E-state index is 13.5. The average Bonchev–Trinajstić information content (AvgIpc) is 3.14. The maximum Gasteiger partial charge on any atom is 0.300 e. The van der Waals surface area contributed by atoms with E-state index in [4.69, 9.17) is 32.7 Å². The average molecular weight is 556 g/mol. The van der Waals surface area contributed by atoms with Crippen molar-refractivity contribution in [3.63, 3.8) is 0 Å². The minimum atomic E-state index is -1.08. The molecule has 0 saturated carbocycles. The monoisotopic (exact) mass is 555 g/mol. The van der Waals surface area contributed by atoms with Crippen molar-refractivity contribution in [3.8, 4) is 17.2 Å². The van der Waals surface area contributed by atoms with Crippen LogP contribution in [0, 0.1) is 0 Å². The van der Waals surface area contributed by atoms with Gasteiger partial charge in [-0.25, -0.2) is 0 Å². The van der Waals surface area contributed by atoms with Crippen LogP contribution in [0.4, 0.5) is 5.69 Å². The van der Waals surface area contributed by atoms with Gasteiger partial charge in [-0.1, -0.05) is 68.2 Å². The molecule has 0 radical (unpaired) electrons. The normalized spacial score (nSPS) is 17.1. The molecule has 1 fully saturated rings. The Balaban J connectivity index is 2.01. The fraction of sp³-hybridized carbons (Fsp3) is 0.241. The van der Waals surface area contributed by atoms with Crippen LogP contribution in [0.1, 0.15) is 43.5 Å². The van der Waals surface area contributed by atoms with Gasteiger partial charge in [0.2, 0.25) is 0 Å². The Bertz CT molecular complexity index is 1460. The van der Waals surface area contributed by atoms with Crippen LogP contribution in [0.2, 0.25) is 10.0 Å². The van der Waals surface area contributed by atoms with Crippen molar-refractivity contribution in [2.75, 3.05) is 19.1 Å². The van der Waals surface area contributed by atoms with Gasteiger partial charge in [0.25, 0.3) is 11.7 Å². The number of aromatic hydroxyl groups is 1. The van der Waals surface area contributed by atoms with Crippen LogP contribution in [-0.2, 0) is 15.0 Å². The van der Waals surface area contributed by atoms with E-state index in [1.165, 1.54) is 44.6 Å². The molecule has 2 N–H and O–H groups in total. The number of hydrogen-bond acceptors (Lipinski definition) is 6. The fourth-order valence-corrected chi connectivity index (χ4v) is 4.85. The standard InChI is InChI=1S/C29H27Cl2NO6/c1-29(2,3)16-8-6-15(7-9-16)25-24(26(34)18-13-19(31)23(38-5)14-22(18)37-4)27(35)28(36)32(25)20-12-17(30)10-11-21(20)33/h6-14,25,33-34H,1-5H3/b26-24+. The van der Waals surface area contributed by atoms with Gasteiger partial charge in [0.05, 0.1) is 42.1 Å². The maximum absolute atomic E-state index is 13.5. The molecule has 0 aromatic heterocycles. The Morgan fingerprint density at radius 2 is 1.55 bits per heavy atom. The highest BCUT2D eigenvalue weighted by Crippen LogP contribution is 2.47. The summed E-state index contributed by atoms with van der Waals surface area (Å²) in [5.74, 6) is -2.13. The highest BCUT2D eigenvalue weighted by Gasteiger charge is 2.48. The summed E-state index contributed by atoms with van der Waals surface area (Å²) in [5, 5.41) is 22.6. The number of halogens is 2. The smallest absolute Gasteiger partial charge is 0.300 e. The van der Waals surface area contributed by atoms with Crippen LogP contribution in [-0.4, -0.2) is 36.1 Å². The second-order valence-corrected chi connectivity index (χ2v) is 10.7. The van der Waals surface area contributed by atoms with Crippen LogP contribution >= 0.6 is 23.2 Å². The van der Waals surface area contributed by atoms with Crippen LogP contribution in [0.15, 0.2) is 60.2 Å². The van der Waals surface area contributed by atoms with E-state index in [9.17, 15) is 19.8 Å². The minimum Gasteiger partial charge on any atom is -0.507 e. The van der Waals surface area contributed by atoms with Gasteiger partial charge in [-0.3, -0.25) is 14.5 Å². The molecule has 38 heavy (non-hydrogen) atoms. The van der Waals surface area contributed by atoms with E-state index in [-0.39, 0.29) is 43.8 Å². The molecule has 198 valence electrons. The van der Waals surface area contributed by atoms with Gasteiger partial charge in [0, 0.05) is 11.1 Å². The predicted octanol–water partition coefficient (Wildman–Crippen LogP) is 6.64. The molecule has 0 bridgehead atoms. The summed E-state index contributed by atoms with van der Waals surface area (Å²) in [4.78, 5) is 28.1. The van der Waals surface area contributed by atoms with E-state index < -0.39 is 23.5 Å². The van der Waals surface area contributed by atoms with E-state index in [1.54, 1.807) is 12.1 Å². The SMILES string of the molecule is COc1cc(OC)c(/C(O)=C2\C(=O)C(=O)N(c3cc(Cl)ccc3O)C2c2ccc(C(C)(C)C)cc2)cc1Cl. The molecule has 1 aliphatic rings. The largest absolute Gasteiger partial charge is 0.507 e. The van der Waals surface area contributed by atoms with E-state index >= 15 is 0 Å². The van der Waals surface area contributed by atoms with E-state index in [2.05, 4.69) is 20.8 Å². The molecule has 3 aromatic rings. The summed E-state index contributed by atoms with van der Waals surface area (Å²) in [6.45, 7) is 6.20. The predicted molar refractivity (Wildman–Crippen MR) is 148 cm³/mol. The zero-order valence-electron chi connectivity index (χ0n) is 21.5. The first-order chi connectivity index (χ1) is 17.9. The lowest BCUT2D eigenvalue weighted by Crippen LogP contribution is -2.29. The molecule has 1 aliphatic heterocycles. The van der Waals surface area contributed by atoms with Crippen molar-refractivity contribution < 1.29 is 29.3 Å². The first-order valence-electron chi connectivity index (χ1n) is 11.7. The van der Waals surface area contributed by atoms with E-state index in [0.29, 0.717) is 11.3 Å². The van der Waals surface area contributed by atoms with Crippen molar-refractivity contribution >= 4 is 46.3 Å². The summed E-state index contributed by atoms with van der Waals surface area (Å²) < 4.78 is 10.7. The van der Waals surface area contributed by atoms with Crippen LogP contribution in [0.3, 0.4) is 0 Å². The molecule has 1 heterocycles. The van der Waals surface area contributed by atoms with Crippen LogP contribution in [0.25, 0.3) is 5.76 Å². The molecule has 4 rings (SSSR count). The molecular formula is C29H27Cl2NO6. The van der Waals surface area contributed by atoms with Gasteiger partial charge < -0.3 is 19.7 Å². The van der Waals surface area contributed by atoms with Crippen LogP contribution in [0.5, 0.6) is 17.2 Å². The number of aliphatic hydroxyl groups excluding tert-OH is 1. The zero-order chi connectivity index (χ0) is 27.9. The van der Waals surface area contributed by atoms with Crippen molar-refractivity contribution in [2.45, 2.75) is 32.2 Å². The van der Waals surface area contributed by atoms with E-state index in [0.717, 1.165) is 10.5 Å². The molecule has 1 amide bonds. The number of phenolic OH excluding ortho intramolecular Hbond substituents is 1. The number of phenols is 1. The Morgan fingerprint density at radius 3 is 2.13 bits per heavy atom. The molecule has 0 spiro atoms. The van der Waals surface area contributed by atoms with Gasteiger partial charge in [-0.15, -0.1) is 0 Å². The Labute approximate surface area is 230 Å². The third-order valence-corrected chi connectivity index (χ3v) is 6.99. The van der Waals surface area contributed by atoms with Gasteiger partial charge >= 0.3 is 0 Å². The molecule has 1 saturated heterocycles. The summed E-state index contributed by atoms with van der Waals surface area (Å²) in [6.07, 6.45) is 0. The topological polar surface area (TPSA) is 96.3 Å². The zero-order valence-corrected chi connectivity index (χ0v) is 23.0. The lowest BCUT2D eigenvalue weighted by atomic mass is 9.85. The number of amides is 1. The van der Waals surface area contributed by atoms with Crippen molar-refractivity contribution in [1.82, 2.24) is 0 Å². The number of nitrogens with zero attached hydrogens (tertiary/aromatic N) is 1. The van der Waals surface area contributed by atoms with Crippen LogP contribution < -0.4 is 14.4 Å². The van der Waals surface area contributed by atoms with E-state index in [1.807, 2.05) is 12.1 Å². The lowest BCUT2D eigenvalue weighted by molar-refractivity contribution is -0.132. The highest BCUT2D eigenvalue weighted by atomic mass is 35.5. The van der Waals surface area contributed by atoms with Gasteiger partial charge in [-0.05, 0) is 40.8 Å².